The normalized spacial score (nSPS) is 21.2. The molecule has 1 aliphatic carbocycles. The Labute approximate surface area is 185 Å². The second kappa shape index (κ2) is 8.94. The molecule has 1 saturated heterocycles. The number of nitrogens with zero attached hydrogens (tertiary/aromatic N) is 1. The second-order valence-electron chi connectivity index (χ2n) is 8.58. The molecular formula is C24H27F3N4O. The number of amides is 1. The SMILES string of the molecule is C=C(c1nc(/C=C/CNC(=O)C2CC2)cc2c(NC3CNCC3C)cccc12)C(F)(F)F. The fraction of sp³-hybridized carbons (Fsp3) is 0.417. The summed E-state index contributed by atoms with van der Waals surface area (Å²) >= 11 is 0. The van der Waals surface area contributed by atoms with Crippen molar-refractivity contribution in [3.63, 3.8) is 0 Å². The molecule has 0 radical (unpaired) electrons. The quantitative estimate of drug-likeness (QED) is 0.593. The summed E-state index contributed by atoms with van der Waals surface area (Å²) in [4.78, 5) is 16.0. The largest absolute Gasteiger partial charge is 0.417 e. The zero-order valence-corrected chi connectivity index (χ0v) is 17.9. The third kappa shape index (κ3) is 4.96. The maximum absolute atomic E-state index is 13.5. The van der Waals surface area contributed by atoms with E-state index in [4.69, 9.17) is 0 Å². The lowest BCUT2D eigenvalue weighted by Gasteiger charge is -2.20. The van der Waals surface area contributed by atoms with Crippen molar-refractivity contribution >= 4 is 34.0 Å². The monoisotopic (exact) mass is 444 g/mol. The maximum atomic E-state index is 13.5. The molecule has 2 aliphatic rings. The van der Waals surface area contributed by atoms with Crippen LogP contribution in [-0.4, -0.2) is 42.7 Å². The van der Waals surface area contributed by atoms with E-state index in [1.165, 1.54) is 0 Å². The smallest absolute Gasteiger partial charge is 0.380 e. The van der Waals surface area contributed by atoms with Crippen molar-refractivity contribution in [3.05, 3.63) is 48.3 Å². The molecule has 0 spiro atoms. The number of allylic oxidation sites excluding steroid dienone is 1. The van der Waals surface area contributed by atoms with Gasteiger partial charge in [0.2, 0.25) is 5.91 Å². The van der Waals surface area contributed by atoms with Crippen molar-refractivity contribution in [2.24, 2.45) is 11.8 Å². The zero-order valence-electron chi connectivity index (χ0n) is 17.9. The summed E-state index contributed by atoms with van der Waals surface area (Å²) in [5.74, 6) is 0.509. The number of rotatable bonds is 7. The van der Waals surface area contributed by atoms with E-state index in [1.807, 2.05) is 6.07 Å². The van der Waals surface area contributed by atoms with E-state index in [1.54, 1.807) is 30.4 Å². The Morgan fingerprint density at radius 2 is 2.06 bits per heavy atom. The molecule has 2 heterocycles. The molecule has 1 aliphatic heterocycles. The van der Waals surface area contributed by atoms with E-state index >= 15 is 0 Å². The second-order valence-corrected chi connectivity index (χ2v) is 8.58. The molecule has 2 aromatic rings. The van der Waals surface area contributed by atoms with Gasteiger partial charge in [0, 0.05) is 41.5 Å². The molecule has 2 fully saturated rings. The van der Waals surface area contributed by atoms with Crippen LogP contribution in [-0.2, 0) is 4.79 Å². The van der Waals surface area contributed by atoms with Gasteiger partial charge in [-0.3, -0.25) is 4.79 Å². The van der Waals surface area contributed by atoms with Gasteiger partial charge >= 0.3 is 6.18 Å². The Morgan fingerprint density at radius 3 is 2.72 bits per heavy atom. The zero-order chi connectivity index (χ0) is 22.9. The van der Waals surface area contributed by atoms with Crippen molar-refractivity contribution in [3.8, 4) is 0 Å². The number of nitrogens with one attached hydrogen (secondary N) is 3. The Hall–Kier alpha value is -2.87. The van der Waals surface area contributed by atoms with Gasteiger partial charge in [0.05, 0.1) is 17.0 Å². The van der Waals surface area contributed by atoms with E-state index in [0.29, 0.717) is 28.9 Å². The molecule has 1 aromatic heterocycles. The molecule has 5 nitrogen and oxygen atoms in total. The van der Waals surface area contributed by atoms with Gasteiger partial charge in [-0.2, -0.15) is 13.2 Å². The number of pyridine rings is 1. The van der Waals surface area contributed by atoms with E-state index in [2.05, 4.69) is 34.4 Å². The first-order valence-electron chi connectivity index (χ1n) is 10.9. The molecule has 1 saturated carbocycles. The first-order chi connectivity index (χ1) is 15.2. The minimum atomic E-state index is -4.59. The van der Waals surface area contributed by atoms with Crippen molar-refractivity contribution in [2.75, 3.05) is 25.0 Å². The summed E-state index contributed by atoms with van der Waals surface area (Å²) in [6, 6.07) is 7.20. The van der Waals surface area contributed by atoms with Gasteiger partial charge in [-0.1, -0.05) is 31.7 Å². The van der Waals surface area contributed by atoms with Crippen LogP contribution < -0.4 is 16.0 Å². The summed E-state index contributed by atoms with van der Waals surface area (Å²) in [5, 5.41) is 10.7. The van der Waals surface area contributed by atoms with Crippen LogP contribution in [0, 0.1) is 11.8 Å². The highest BCUT2D eigenvalue weighted by molar-refractivity contribution is 6.00. The lowest BCUT2D eigenvalue weighted by molar-refractivity contribution is -0.122. The van der Waals surface area contributed by atoms with Crippen molar-refractivity contribution < 1.29 is 18.0 Å². The predicted octanol–water partition coefficient (Wildman–Crippen LogP) is 4.37. The molecule has 1 aromatic carbocycles. The summed E-state index contributed by atoms with van der Waals surface area (Å²) in [5.41, 5.74) is -0.0190. The number of aromatic nitrogens is 1. The van der Waals surface area contributed by atoms with Gasteiger partial charge in [-0.05, 0) is 43.5 Å². The van der Waals surface area contributed by atoms with E-state index < -0.39 is 11.7 Å². The van der Waals surface area contributed by atoms with Crippen LogP contribution in [0.1, 0.15) is 31.2 Å². The van der Waals surface area contributed by atoms with E-state index in [9.17, 15) is 18.0 Å². The molecule has 1 amide bonds. The number of carbonyl (C=O) groups excluding carboxylic acids is 1. The summed E-state index contributed by atoms with van der Waals surface area (Å²) < 4.78 is 40.6. The molecule has 3 N–H and O–H groups in total. The third-order valence-electron chi connectivity index (χ3n) is 6.01. The fourth-order valence-corrected chi connectivity index (χ4v) is 3.90. The fourth-order valence-electron chi connectivity index (χ4n) is 3.90. The highest BCUT2D eigenvalue weighted by atomic mass is 19.4. The van der Waals surface area contributed by atoms with Crippen LogP contribution in [0.2, 0.25) is 0 Å². The Bertz CT molecular complexity index is 1060. The van der Waals surface area contributed by atoms with Gasteiger partial charge in [-0.15, -0.1) is 0 Å². The van der Waals surface area contributed by atoms with Crippen LogP contribution in [0.15, 0.2) is 36.9 Å². The number of hydrogen-bond donors (Lipinski definition) is 3. The van der Waals surface area contributed by atoms with Gasteiger partial charge in [-0.25, -0.2) is 4.98 Å². The topological polar surface area (TPSA) is 66.0 Å². The van der Waals surface area contributed by atoms with Crippen LogP contribution in [0.4, 0.5) is 18.9 Å². The highest BCUT2D eigenvalue weighted by Gasteiger charge is 2.35. The molecule has 170 valence electrons. The molecule has 2 atom stereocenters. The van der Waals surface area contributed by atoms with Crippen molar-refractivity contribution in [1.82, 2.24) is 15.6 Å². The number of hydrogen-bond acceptors (Lipinski definition) is 4. The minimum Gasteiger partial charge on any atom is -0.380 e. The summed E-state index contributed by atoms with van der Waals surface area (Å²) in [7, 11) is 0. The molecule has 8 heteroatoms. The van der Waals surface area contributed by atoms with E-state index in [-0.39, 0.29) is 23.6 Å². The van der Waals surface area contributed by atoms with Gasteiger partial charge in [0.15, 0.2) is 0 Å². The van der Waals surface area contributed by atoms with Gasteiger partial charge in [0.25, 0.3) is 0 Å². The van der Waals surface area contributed by atoms with Crippen LogP contribution in [0.5, 0.6) is 0 Å². The minimum absolute atomic E-state index is 0.0121. The predicted molar refractivity (Wildman–Crippen MR) is 121 cm³/mol. The molecule has 0 bridgehead atoms. The third-order valence-corrected chi connectivity index (χ3v) is 6.01. The number of halogens is 3. The average molecular weight is 445 g/mol. The first kappa shape index (κ1) is 22.3. The molecule has 4 rings (SSSR count). The highest BCUT2D eigenvalue weighted by Crippen LogP contribution is 2.37. The molecule has 2 unspecified atom stereocenters. The molecular weight excluding hydrogens is 417 g/mol. The van der Waals surface area contributed by atoms with Gasteiger partial charge in [0.1, 0.15) is 0 Å². The summed E-state index contributed by atoms with van der Waals surface area (Å²) in [6.07, 6.45) is 0.572. The van der Waals surface area contributed by atoms with Crippen LogP contribution >= 0.6 is 0 Å². The lowest BCUT2D eigenvalue weighted by atomic mass is 10.0. The van der Waals surface area contributed by atoms with Crippen molar-refractivity contribution in [1.29, 1.82) is 0 Å². The van der Waals surface area contributed by atoms with Crippen molar-refractivity contribution in [2.45, 2.75) is 32.0 Å². The van der Waals surface area contributed by atoms with Crippen LogP contribution in [0.25, 0.3) is 22.4 Å². The lowest BCUT2D eigenvalue weighted by Crippen LogP contribution is -2.26. The average Bonchev–Trinajstić information content (AvgIpc) is 3.53. The number of carbonyl (C=O) groups is 1. The van der Waals surface area contributed by atoms with Crippen LogP contribution in [0.3, 0.4) is 0 Å². The Balaban J connectivity index is 1.68. The van der Waals surface area contributed by atoms with E-state index in [0.717, 1.165) is 31.6 Å². The number of anilines is 1. The molecule has 32 heavy (non-hydrogen) atoms. The number of alkyl halides is 3. The number of fused-ring (bicyclic) bond motifs is 1. The van der Waals surface area contributed by atoms with Gasteiger partial charge < -0.3 is 16.0 Å². The Kier molecular flexibility index (Phi) is 6.24. The first-order valence-corrected chi connectivity index (χ1v) is 10.9. The standard InChI is InChI=1S/C24H27F3N4O/c1-14-12-28-13-21(14)31-20-7-3-6-18-19(20)11-17(30-22(18)15(2)24(25,26)27)5-4-10-29-23(32)16-8-9-16/h3-7,11,14,16,21,28,31H,2,8-10,12-13H2,1H3,(H,29,32)/b5-4+. The summed E-state index contributed by atoms with van der Waals surface area (Å²) in [6.45, 7) is 7.39. The Morgan fingerprint density at radius 1 is 1.28 bits per heavy atom. The maximum Gasteiger partial charge on any atom is 0.417 e. The number of benzene rings is 1.